The number of nitrogens with one attached hydrogen (secondary N) is 1. The summed E-state index contributed by atoms with van der Waals surface area (Å²) in [6.07, 6.45) is 0.434. The predicted molar refractivity (Wildman–Crippen MR) is 70.2 cm³/mol. The van der Waals surface area contributed by atoms with E-state index in [-0.39, 0.29) is 10.5 Å². The van der Waals surface area contributed by atoms with E-state index in [2.05, 4.69) is 5.32 Å². The smallest absolute Gasteiger partial charge is 0.325 e. The number of hydrogen-bond donors (Lipinski definition) is 1. The number of benzene rings is 1. The summed E-state index contributed by atoms with van der Waals surface area (Å²) in [5, 5.41) is 2.72. The van der Waals surface area contributed by atoms with Gasteiger partial charge in [-0.15, -0.1) is 0 Å². The van der Waals surface area contributed by atoms with Crippen LogP contribution in [0, 0.1) is 0 Å². The second-order valence-electron chi connectivity index (χ2n) is 4.52. The van der Waals surface area contributed by atoms with Crippen molar-refractivity contribution in [1.82, 2.24) is 5.32 Å². The van der Waals surface area contributed by atoms with E-state index in [1.54, 1.807) is 0 Å². The summed E-state index contributed by atoms with van der Waals surface area (Å²) >= 11 is 1.04. The molecule has 0 spiro atoms. The number of halogens is 3. The van der Waals surface area contributed by atoms with Crippen LogP contribution >= 0.6 is 11.8 Å². The van der Waals surface area contributed by atoms with Crippen LogP contribution < -0.4 is 5.32 Å². The van der Waals surface area contributed by atoms with Gasteiger partial charge in [-0.3, -0.25) is 4.79 Å². The lowest BCUT2D eigenvalue weighted by atomic mass is 10.1. The summed E-state index contributed by atoms with van der Waals surface area (Å²) in [6, 6.07) is 3.71. The van der Waals surface area contributed by atoms with Crippen molar-refractivity contribution in [3.05, 3.63) is 52.1 Å². The van der Waals surface area contributed by atoms with Crippen molar-refractivity contribution in [2.45, 2.75) is 23.9 Å². The maximum Gasteiger partial charge on any atom is 0.417 e. The predicted octanol–water partition coefficient (Wildman–Crippen LogP) is 4.10. The first-order valence-electron chi connectivity index (χ1n) is 6.03. The van der Waals surface area contributed by atoms with Crippen molar-refractivity contribution in [2.75, 3.05) is 0 Å². The minimum Gasteiger partial charge on any atom is -0.325 e. The van der Waals surface area contributed by atoms with E-state index >= 15 is 0 Å². The Hall–Kier alpha value is -1.69. The first kappa shape index (κ1) is 13.3. The first-order chi connectivity index (χ1) is 9.47. The van der Waals surface area contributed by atoms with Crippen LogP contribution in [-0.4, -0.2) is 5.91 Å². The molecule has 0 saturated heterocycles. The Kier molecular flexibility index (Phi) is 3.12. The van der Waals surface area contributed by atoms with Crippen molar-refractivity contribution >= 4 is 17.7 Å². The van der Waals surface area contributed by atoms with Gasteiger partial charge in [0.2, 0.25) is 0 Å². The van der Waals surface area contributed by atoms with Gasteiger partial charge in [0.1, 0.15) is 0 Å². The van der Waals surface area contributed by atoms with E-state index in [4.69, 9.17) is 0 Å². The van der Waals surface area contributed by atoms with E-state index in [9.17, 15) is 18.0 Å². The van der Waals surface area contributed by atoms with Gasteiger partial charge in [0.15, 0.2) is 0 Å². The number of fused-ring (bicyclic) bond motifs is 1. The molecule has 0 saturated carbocycles. The molecule has 1 aliphatic carbocycles. The maximum atomic E-state index is 13.1. The summed E-state index contributed by atoms with van der Waals surface area (Å²) in [5.41, 5.74) is 0.0319. The van der Waals surface area contributed by atoms with E-state index in [0.29, 0.717) is 18.5 Å². The van der Waals surface area contributed by atoms with E-state index < -0.39 is 17.6 Å². The lowest BCUT2D eigenvalue weighted by Crippen LogP contribution is -2.23. The molecule has 1 aliphatic heterocycles. The number of rotatable bonds is 0. The molecule has 0 atom stereocenters. The number of allylic oxidation sites excluding steroid dienone is 3. The van der Waals surface area contributed by atoms with Crippen LogP contribution in [0.15, 0.2) is 45.8 Å². The fourth-order valence-electron chi connectivity index (χ4n) is 2.23. The van der Waals surface area contributed by atoms with E-state index in [1.807, 2.05) is 12.2 Å². The highest BCUT2D eigenvalue weighted by Crippen LogP contribution is 2.44. The average Bonchev–Trinajstić information content (AvgIpc) is 2.53. The lowest BCUT2D eigenvalue weighted by Gasteiger charge is -2.15. The van der Waals surface area contributed by atoms with E-state index in [1.165, 1.54) is 12.1 Å². The Labute approximate surface area is 117 Å². The molecule has 2 aliphatic rings. The van der Waals surface area contributed by atoms with Crippen LogP contribution in [0.2, 0.25) is 0 Å². The monoisotopic (exact) mass is 297 g/mol. The number of alkyl halides is 3. The van der Waals surface area contributed by atoms with Crippen molar-refractivity contribution in [1.29, 1.82) is 0 Å². The zero-order valence-electron chi connectivity index (χ0n) is 10.3. The summed E-state index contributed by atoms with van der Waals surface area (Å²) in [7, 11) is 0. The number of hydrogen-bond acceptors (Lipinski definition) is 2. The van der Waals surface area contributed by atoms with Crippen LogP contribution in [-0.2, 0) is 6.18 Å². The van der Waals surface area contributed by atoms with Gasteiger partial charge in [-0.05, 0) is 18.6 Å². The highest BCUT2D eigenvalue weighted by atomic mass is 32.2. The molecule has 20 heavy (non-hydrogen) atoms. The van der Waals surface area contributed by atoms with Crippen molar-refractivity contribution in [3.8, 4) is 0 Å². The van der Waals surface area contributed by atoms with Gasteiger partial charge in [0.25, 0.3) is 5.91 Å². The van der Waals surface area contributed by atoms with Crippen molar-refractivity contribution in [2.24, 2.45) is 0 Å². The third kappa shape index (κ3) is 2.24. The van der Waals surface area contributed by atoms with Crippen LogP contribution in [0.25, 0.3) is 0 Å². The minimum absolute atomic E-state index is 0.00204. The van der Waals surface area contributed by atoms with E-state index in [0.717, 1.165) is 22.7 Å². The number of amides is 1. The van der Waals surface area contributed by atoms with Gasteiger partial charge in [-0.25, -0.2) is 0 Å². The topological polar surface area (TPSA) is 29.1 Å². The third-order valence-corrected chi connectivity index (χ3v) is 4.49. The SMILES string of the molecule is O=C1NC2=C(CC=CC2)Sc2c1cccc2C(F)(F)F. The van der Waals surface area contributed by atoms with Gasteiger partial charge in [-0.2, -0.15) is 13.2 Å². The highest BCUT2D eigenvalue weighted by molar-refractivity contribution is 8.03. The standard InChI is InChI=1S/C14H10F3NOS/c15-14(16,17)9-5-3-4-8-12(9)20-11-7-2-1-6-10(11)18-13(8)19/h1-5H,6-7H2,(H,18,19). The minimum atomic E-state index is -4.46. The molecule has 0 fully saturated rings. The molecule has 0 unspecified atom stereocenters. The molecule has 0 aromatic heterocycles. The summed E-state index contributed by atoms with van der Waals surface area (Å²) in [6.45, 7) is 0. The highest BCUT2D eigenvalue weighted by Gasteiger charge is 2.37. The molecular formula is C14H10F3NOS. The Balaban J connectivity index is 2.15. The zero-order chi connectivity index (χ0) is 14.3. The van der Waals surface area contributed by atoms with Gasteiger partial charge in [-0.1, -0.05) is 30.0 Å². The van der Waals surface area contributed by atoms with Crippen LogP contribution in [0.5, 0.6) is 0 Å². The van der Waals surface area contributed by atoms with Crippen molar-refractivity contribution < 1.29 is 18.0 Å². The number of carbonyl (C=O) groups is 1. The Bertz CT molecular complexity index is 646. The molecule has 1 amide bonds. The summed E-state index contributed by atoms with van der Waals surface area (Å²) in [4.78, 5) is 12.9. The van der Waals surface area contributed by atoms with Crippen LogP contribution in [0.4, 0.5) is 13.2 Å². The van der Waals surface area contributed by atoms with Crippen LogP contribution in [0.1, 0.15) is 28.8 Å². The molecule has 1 heterocycles. The normalized spacial score (nSPS) is 18.2. The molecule has 0 bridgehead atoms. The molecule has 0 radical (unpaired) electrons. The molecule has 3 rings (SSSR count). The summed E-state index contributed by atoms with van der Waals surface area (Å²) < 4.78 is 39.3. The van der Waals surface area contributed by atoms with Gasteiger partial charge in [0.05, 0.1) is 11.1 Å². The Morgan fingerprint density at radius 2 is 1.90 bits per heavy atom. The Morgan fingerprint density at radius 3 is 2.65 bits per heavy atom. The van der Waals surface area contributed by atoms with Crippen molar-refractivity contribution in [3.63, 3.8) is 0 Å². The fourth-order valence-corrected chi connectivity index (χ4v) is 3.48. The maximum absolute atomic E-state index is 13.1. The fraction of sp³-hybridized carbons (Fsp3) is 0.214. The average molecular weight is 297 g/mol. The molecule has 1 aromatic carbocycles. The number of carbonyl (C=O) groups excluding carboxylic acids is 1. The Morgan fingerprint density at radius 1 is 1.15 bits per heavy atom. The number of thioether (sulfide) groups is 1. The molecular weight excluding hydrogens is 287 g/mol. The molecule has 6 heteroatoms. The summed E-state index contributed by atoms with van der Waals surface area (Å²) in [5.74, 6) is -0.473. The molecule has 2 nitrogen and oxygen atoms in total. The largest absolute Gasteiger partial charge is 0.417 e. The molecule has 1 N–H and O–H groups in total. The second kappa shape index (κ2) is 4.70. The lowest BCUT2D eigenvalue weighted by molar-refractivity contribution is -0.139. The second-order valence-corrected chi connectivity index (χ2v) is 5.62. The van der Waals surface area contributed by atoms with Gasteiger partial charge >= 0.3 is 6.18 Å². The zero-order valence-corrected chi connectivity index (χ0v) is 11.1. The molecule has 104 valence electrons. The third-order valence-electron chi connectivity index (χ3n) is 3.18. The van der Waals surface area contributed by atoms with Gasteiger partial charge in [0, 0.05) is 21.9 Å². The quantitative estimate of drug-likeness (QED) is 0.730. The van der Waals surface area contributed by atoms with Crippen LogP contribution in [0.3, 0.4) is 0 Å². The first-order valence-corrected chi connectivity index (χ1v) is 6.85. The molecule has 1 aromatic rings. The van der Waals surface area contributed by atoms with Gasteiger partial charge < -0.3 is 5.32 Å².